The van der Waals surface area contributed by atoms with Crippen LogP contribution in [0.3, 0.4) is 0 Å². The fourth-order valence-corrected chi connectivity index (χ4v) is 4.98. The molecule has 116 valence electrons. The zero-order chi connectivity index (χ0) is 14.7. The first kappa shape index (κ1) is 15.7. The minimum absolute atomic E-state index is 0.168. The molecular weight excluding hydrogens is 302 g/mol. The van der Waals surface area contributed by atoms with Gasteiger partial charge in [0.2, 0.25) is 0 Å². The molecule has 1 aliphatic carbocycles. The van der Waals surface area contributed by atoms with Gasteiger partial charge in [0.05, 0.1) is 5.60 Å². The molecule has 2 nitrogen and oxygen atoms in total. The first-order valence-corrected chi connectivity index (χ1v) is 9.31. The van der Waals surface area contributed by atoms with Crippen molar-refractivity contribution in [2.75, 3.05) is 12.4 Å². The summed E-state index contributed by atoms with van der Waals surface area (Å²) in [6.45, 7) is 0.889. The Bertz CT molecular complexity index is 476. The van der Waals surface area contributed by atoms with Crippen molar-refractivity contribution < 1.29 is 4.74 Å². The van der Waals surface area contributed by atoms with Crippen LogP contribution in [0.1, 0.15) is 38.5 Å². The molecule has 2 atom stereocenters. The number of ether oxygens (including phenoxy) is 1. The van der Waals surface area contributed by atoms with Crippen LogP contribution in [0.25, 0.3) is 0 Å². The molecule has 1 aliphatic heterocycles. The molecule has 0 radical (unpaired) electrons. The van der Waals surface area contributed by atoms with E-state index in [2.05, 4.69) is 6.07 Å². The smallest absolute Gasteiger partial charge is 0.0685 e. The molecule has 1 spiro atoms. The topological polar surface area (TPSA) is 35.2 Å². The molecule has 0 aromatic heterocycles. The Morgan fingerprint density at radius 3 is 2.95 bits per heavy atom. The van der Waals surface area contributed by atoms with Crippen molar-refractivity contribution in [1.29, 1.82) is 0 Å². The van der Waals surface area contributed by atoms with E-state index in [1.807, 2.05) is 30.0 Å². The Balaban J connectivity index is 1.54. The van der Waals surface area contributed by atoms with Gasteiger partial charge in [-0.05, 0) is 49.8 Å². The van der Waals surface area contributed by atoms with Crippen LogP contribution in [-0.4, -0.2) is 24.0 Å². The average molecular weight is 326 g/mol. The van der Waals surface area contributed by atoms with Crippen molar-refractivity contribution in [2.24, 2.45) is 11.7 Å². The van der Waals surface area contributed by atoms with E-state index in [9.17, 15) is 0 Å². The standard InChI is InChI=1S/C17H24ClNOS/c18-14-4-3-5-15(10-14)21-12-16(19)13-6-9-20-17(11-13)7-1-2-8-17/h3-5,10,13,16H,1-2,6-9,11-12,19H2. The lowest BCUT2D eigenvalue weighted by Crippen LogP contribution is -2.44. The largest absolute Gasteiger partial charge is 0.375 e. The Labute approximate surface area is 136 Å². The highest BCUT2D eigenvalue weighted by atomic mass is 35.5. The van der Waals surface area contributed by atoms with E-state index >= 15 is 0 Å². The van der Waals surface area contributed by atoms with Gasteiger partial charge in [-0.25, -0.2) is 0 Å². The van der Waals surface area contributed by atoms with Crippen LogP contribution in [0.2, 0.25) is 5.02 Å². The van der Waals surface area contributed by atoms with Gasteiger partial charge in [-0.15, -0.1) is 11.8 Å². The SMILES string of the molecule is NC(CSc1cccc(Cl)c1)C1CCOC2(CCCC2)C1. The van der Waals surface area contributed by atoms with Crippen LogP contribution in [-0.2, 0) is 4.74 Å². The normalized spacial score (nSPS) is 26.1. The first-order valence-electron chi connectivity index (χ1n) is 7.95. The summed E-state index contributed by atoms with van der Waals surface area (Å²) in [5.41, 5.74) is 6.64. The number of benzene rings is 1. The summed E-state index contributed by atoms with van der Waals surface area (Å²) < 4.78 is 6.11. The Morgan fingerprint density at radius 2 is 2.19 bits per heavy atom. The second-order valence-electron chi connectivity index (χ2n) is 6.42. The predicted octanol–water partition coefficient (Wildman–Crippen LogP) is 4.50. The van der Waals surface area contributed by atoms with E-state index in [4.69, 9.17) is 22.1 Å². The van der Waals surface area contributed by atoms with E-state index in [-0.39, 0.29) is 11.6 Å². The molecule has 0 bridgehead atoms. The maximum absolute atomic E-state index is 6.48. The van der Waals surface area contributed by atoms with Crippen LogP contribution >= 0.6 is 23.4 Å². The third kappa shape index (κ3) is 3.95. The number of hydrogen-bond acceptors (Lipinski definition) is 3. The van der Waals surface area contributed by atoms with E-state index in [1.165, 1.54) is 30.6 Å². The molecule has 1 aromatic carbocycles. The second kappa shape index (κ2) is 6.91. The minimum Gasteiger partial charge on any atom is -0.375 e. The molecule has 2 fully saturated rings. The van der Waals surface area contributed by atoms with Crippen LogP contribution in [0, 0.1) is 5.92 Å². The number of nitrogens with two attached hydrogens (primary N) is 1. The number of thioether (sulfide) groups is 1. The summed E-state index contributed by atoms with van der Waals surface area (Å²) in [6.07, 6.45) is 7.37. The molecule has 1 saturated carbocycles. The van der Waals surface area contributed by atoms with Gasteiger partial charge in [0.1, 0.15) is 0 Å². The molecule has 0 amide bonds. The quantitative estimate of drug-likeness (QED) is 0.828. The summed E-state index contributed by atoms with van der Waals surface area (Å²) in [5, 5.41) is 0.796. The zero-order valence-corrected chi connectivity index (χ0v) is 14.0. The molecule has 3 rings (SSSR count). The van der Waals surface area contributed by atoms with Gasteiger partial charge in [0, 0.05) is 28.3 Å². The van der Waals surface area contributed by atoms with Crippen LogP contribution in [0.15, 0.2) is 29.2 Å². The highest BCUT2D eigenvalue weighted by Crippen LogP contribution is 2.43. The molecule has 2 unspecified atom stereocenters. The molecule has 2 N–H and O–H groups in total. The van der Waals surface area contributed by atoms with E-state index in [1.54, 1.807) is 0 Å². The maximum atomic E-state index is 6.48. The summed E-state index contributed by atoms with van der Waals surface area (Å²) in [7, 11) is 0. The van der Waals surface area contributed by atoms with Crippen LogP contribution in [0.5, 0.6) is 0 Å². The molecule has 1 heterocycles. The maximum Gasteiger partial charge on any atom is 0.0685 e. The third-order valence-corrected chi connectivity index (χ3v) is 6.26. The van der Waals surface area contributed by atoms with Crippen LogP contribution < -0.4 is 5.73 Å². The molecule has 1 aromatic rings. The molecule has 21 heavy (non-hydrogen) atoms. The third-order valence-electron chi connectivity index (χ3n) is 4.89. The minimum atomic E-state index is 0.168. The molecule has 2 aliphatic rings. The summed E-state index contributed by atoms with van der Waals surface area (Å²) in [6, 6.07) is 8.27. The van der Waals surface area contributed by atoms with Gasteiger partial charge in [0.15, 0.2) is 0 Å². The monoisotopic (exact) mass is 325 g/mol. The second-order valence-corrected chi connectivity index (χ2v) is 7.95. The lowest BCUT2D eigenvalue weighted by molar-refractivity contribution is -0.0951. The highest BCUT2D eigenvalue weighted by Gasteiger charge is 2.41. The Morgan fingerprint density at radius 1 is 1.38 bits per heavy atom. The van der Waals surface area contributed by atoms with Crippen molar-refractivity contribution in [1.82, 2.24) is 0 Å². The van der Waals surface area contributed by atoms with Gasteiger partial charge < -0.3 is 10.5 Å². The van der Waals surface area contributed by atoms with Crippen molar-refractivity contribution in [3.05, 3.63) is 29.3 Å². The Kier molecular flexibility index (Phi) is 5.15. The summed E-state index contributed by atoms with van der Waals surface area (Å²) in [4.78, 5) is 1.21. The van der Waals surface area contributed by atoms with Gasteiger partial charge in [-0.3, -0.25) is 0 Å². The molecule has 4 heteroatoms. The lowest BCUT2D eigenvalue weighted by Gasteiger charge is -2.40. The van der Waals surface area contributed by atoms with Gasteiger partial charge >= 0.3 is 0 Å². The average Bonchev–Trinajstić information content (AvgIpc) is 2.93. The van der Waals surface area contributed by atoms with Crippen molar-refractivity contribution >= 4 is 23.4 Å². The van der Waals surface area contributed by atoms with Gasteiger partial charge in [-0.2, -0.15) is 0 Å². The lowest BCUT2D eigenvalue weighted by atomic mass is 9.81. The highest BCUT2D eigenvalue weighted by molar-refractivity contribution is 7.99. The fourth-order valence-electron chi connectivity index (χ4n) is 3.68. The van der Waals surface area contributed by atoms with E-state index in [0.29, 0.717) is 5.92 Å². The van der Waals surface area contributed by atoms with Crippen molar-refractivity contribution in [2.45, 2.75) is 55.1 Å². The molecular formula is C17H24ClNOS. The van der Waals surface area contributed by atoms with Gasteiger partial charge in [-0.1, -0.05) is 30.5 Å². The number of halogens is 1. The predicted molar refractivity (Wildman–Crippen MR) is 90.0 cm³/mol. The van der Waals surface area contributed by atoms with E-state index < -0.39 is 0 Å². The van der Waals surface area contributed by atoms with Gasteiger partial charge in [0.25, 0.3) is 0 Å². The van der Waals surface area contributed by atoms with Crippen LogP contribution in [0.4, 0.5) is 0 Å². The number of hydrogen-bond donors (Lipinski definition) is 1. The van der Waals surface area contributed by atoms with Crippen molar-refractivity contribution in [3.63, 3.8) is 0 Å². The van der Waals surface area contributed by atoms with Crippen molar-refractivity contribution in [3.8, 4) is 0 Å². The molecule has 1 saturated heterocycles. The summed E-state index contributed by atoms with van der Waals surface area (Å²) >= 11 is 7.85. The Hall–Kier alpha value is -0.220. The zero-order valence-electron chi connectivity index (χ0n) is 12.4. The fraction of sp³-hybridized carbons (Fsp3) is 0.647. The summed E-state index contributed by atoms with van der Waals surface area (Å²) in [5.74, 6) is 1.56. The first-order chi connectivity index (χ1) is 10.2. The van der Waals surface area contributed by atoms with E-state index in [0.717, 1.165) is 30.2 Å². The number of rotatable bonds is 4.